The average molecular weight is 212 g/mol. The van der Waals surface area contributed by atoms with Gasteiger partial charge < -0.3 is 15.0 Å². The molecule has 2 rings (SSSR count). The summed E-state index contributed by atoms with van der Waals surface area (Å²) < 4.78 is 5.39. The van der Waals surface area contributed by atoms with E-state index >= 15 is 0 Å². The van der Waals surface area contributed by atoms with Crippen molar-refractivity contribution in [3.8, 4) is 0 Å². The number of ether oxygens (including phenoxy) is 1. The minimum Gasteiger partial charge on any atom is -0.444 e. The first-order valence-electron chi connectivity index (χ1n) is 5.69. The highest BCUT2D eigenvalue weighted by molar-refractivity contribution is 5.69. The van der Waals surface area contributed by atoms with Crippen molar-refractivity contribution in [3.63, 3.8) is 0 Å². The Labute approximate surface area is 91.0 Å². The van der Waals surface area contributed by atoms with Crippen LogP contribution in [0.1, 0.15) is 33.6 Å². The molecule has 0 aromatic heterocycles. The fourth-order valence-electron chi connectivity index (χ4n) is 2.34. The van der Waals surface area contributed by atoms with E-state index in [0.717, 1.165) is 25.9 Å². The second-order valence-corrected chi connectivity index (χ2v) is 5.46. The summed E-state index contributed by atoms with van der Waals surface area (Å²) in [6.07, 6.45) is 1.98. The molecule has 2 aliphatic heterocycles. The molecule has 4 heteroatoms. The molecule has 86 valence electrons. The molecular weight excluding hydrogens is 192 g/mol. The van der Waals surface area contributed by atoms with E-state index in [9.17, 15) is 4.79 Å². The molecule has 2 bridgehead atoms. The lowest BCUT2D eigenvalue weighted by Crippen LogP contribution is -2.39. The first-order valence-corrected chi connectivity index (χ1v) is 5.69. The number of nitrogens with one attached hydrogen (secondary N) is 1. The largest absolute Gasteiger partial charge is 0.444 e. The Morgan fingerprint density at radius 1 is 1.47 bits per heavy atom. The van der Waals surface area contributed by atoms with Crippen molar-refractivity contribution in [3.05, 3.63) is 0 Å². The summed E-state index contributed by atoms with van der Waals surface area (Å²) in [6, 6.07) is 0.877. The molecule has 2 atom stereocenters. The van der Waals surface area contributed by atoms with Crippen molar-refractivity contribution >= 4 is 6.09 Å². The lowest BCUT2D eigenvalue weighted by atomic mass is 10.1. The quantitative estimate of drug-likeness (QED) is 0.659. The molecule has 2 fully saturated rings. The van der Waals surface area contributed by atoms with Crippen LogP contribution in [0.5, 0.6) is 0 Å². The van der Waals surface area contributed by atoms with Gasteiger partial charge in [-0.3, -0.25) is 0 Å². The van der Waals surface area contributed by atoms with Crippen LogP contribution in [0.25, 0.3) is 0 Å². The third-order valence-corrected chi connectivity index (χ3v) is 2.95. The number of nitrogens with zero attached hydrogens (tertiary/aromatic N) is 1. The van der Waals surface area contributed by atoms with Gasteiger partial charge in [0.15, 0.2) is 0 Å². The SMILES string of the molecule is CC(C)(C)OC(=O)N1CC2CC1CCN2. The molecule has 4 nitrogen and oxygen atoms in total. The Bertz CT molecular complexity index is 260. The van der Waals surface area contributed by atoms with Crippen LogP contribution in [0.4, 0.5) is 4.79 Å². The molecule has 2 unspecified atom stereocenters. The fourth-order valence-corrected chi connectivity index (χ4v) is 2.34. The van der Waals surface area contributed by atoms with Crippen molar-refractivity contribution in [2.75, 3.05) is 13.1 Å². The normalized spacial score (nSPS) is 30.5. The number of amides is 1. The Morgan fingerprint density at radius 3 is 2.80 bits per heavy atom. The number of fused-ring (bicyclic) bond motifs is 2. The zero-order chi connectivity index (χ0) is 11.1. The van der Waals surface area contributed by atoms with E-state index < -0.39 is 0 Å². The molecule has 1 N–H and O–H groups in total. The molecule has 0 radical (unpaired) electrons. The van der Waals surface area contributed by atoms with E-state index in [2.05, 4.69) is 5.32 Å². The predicted molar refractivity (Wildman–Crippen MR) is 57.8 cm³/mol. The van der Waals surface area contributed by atoms with Crippen molar-refractivity contribution in [1.82, 2.24) is 10.2 Å². The summed E-state index contributed by atoms with van der Waals surface area (Å²) in [5.74, 6) is 0. The van der Waals surface area contributed by atoms with Gasteiger partial charge in [-0.25, -0.2) is 4.79 Å². The summed E-state index contributed by atoms with van der Waals surface area (Å²) in [7, 11) is 0. The topological polar surface area (TPSA) is 41.6 Å². The van der Waals surface area contributed by atoms with Crippen LogP contribution < -0.4 is 5.32 Å². The smallest absolute Gasteiger partial charge is 0.410 e. The van der Waals surface area contributed by atoms with Gasteiger partial charge in [0, 0.05) is 18.6 Å². The minimum absolute atomic E-state index is 0.154. The third-order valence-electron chi connectivity index (χ3n) is 2.95. The second kappa shape index (κ2) is 3.67. The van der Waals surface area contributed by atoms with Crippen molar-refractivity contribution < 1.29 is 9.53 Å². The van der Waals surface area contributed by atoms with Crippen LogP contribution >= 0.6 is 0 Å². The summed E-state index contributed by atoms with van der Waals surface area (Å²) in [5.41, 5.74) is -0.388. The average Bonchev–Trinajstić information content (AvgIpc) is 2.38. The molecule has 15 heavy (non-hydrogen) atoms. The van der Waals surface area contributed by atoms with Crippen molar-refractivity contribution in [1.29, 1.82) is 0 Å². The Balaban J connectivity index is 1.96. The van der Waals surface area contributed by atoms with Gasteiger partial charge in [-0.05, 0) is 40.2 Å². The molecule has 1 amide bonds. The zero-order valence-corrected chi connectivity index (χ0v) is 9.75. The number of hydrogen-bond donors (Lipinski definition) is 1. The van der Waals surface area contributed by atoms with Crippen molar-refractivity contribution in [2.24, 2.45) is 0 Å². The van der Waals surface area contributed by atoms with Gasteiger partial charge in [-0.15, -0.1) is 0 Å². The van der Waals surface area contributed by atoms with Crippen LogP contribution in [-0.2, 0) is 4.74 Å². The Morgan fingerprint density at radius 2 is 2.20 bits per heavy atom. The van der Waals surface area contributed by atoms with Gasteiger partial charge in [0.05, 0.1) is 0 Å². The number of likely N-dealkylation sites (tertiary alicyclic amines) is 1. The number of carbonyl (C=O) groups excluding carboxylic acids is 1. The predicted octanol–water partition coefficient (Wildman–Crippen LogP) is 1.36. The zero-order valence-electron chi connectivity index (χ0n) is 9.75. The first kappa shape index (κ1) is 10.7. The monoisotopic (exact) mass is 212 g/mol. The lowest BCUT2D eigenvalue weighted by Gasteiger charge is -2.28. The van der Waals surface area contributed by atoms with E-state index in [0.29, 0.717) is 12.1 Å². The lowest BCUT2D eigenvalue weighted by molar-refractivity contribution is 0.0226. The van der Waals surface area contributed by atoms with Gasteiger partial charge in [0.1, 0.15) is 5.60 Å². The Hall–Kier alpha value is -0.770. The maximum absolute atomic E-state index is 11.9. The van der Waals surface area contributed by atoms with E-state index in [1.807, 2.05) is 25.7 Å². The maximum atomic E-state index is 11.9. The van der Waals surface area contributed by atoms with Gasteiger partial charge in [0.25, 0.3) is 0 Å². The number of rotatable bonds is 0. The van der Waals surface area contributed by atoms with Crippen LogP contribution in [0.3, 0.4) is 0 Å². The van der Waals surface area contributed by atoms with E-state index in [4.69, 9.17) is 4.74 Å². The van der Waals surface area contributed by atoms with Gasteiger partial charge in [-0.2, -0.15) is 0 Å². The number of piperidine rings is 1. The second-order valence-electron chi connectivity index (χ2n) is 5.46. The molecule has 2 aliphatic rings. The van der Waals surface area contributed by atoms with Gasteiger partial charge in [-0.1, -0.05) is 0 Å². The summed E-state index contributed by atoms with van der Waals surface area (Å²) in [5, 5.41) is 3.41. The Kier molecular flexibility index (Phi) is 2.63. The van der Waals surface area contributed by atoms with Crippen LogP contribution in [0.15, 0.2) is 0 Å². The van der Waals surface area contributed by atoms with E-state index in [-0.39, 0.29) is 11.7 Å². The van der Waals surface area contributed by atoms with Gasteiger partial charge in [0.2, 0.25) is 0 Å². The summed E-state index contributed by atoms with van der Waals surface area (Å²) in [6.45, 7) is 7.55. The molecular formula is C11H20N2O2. The number of hydrogen-bond acceptors (Lipinski definition) is 3. The first-order chi connectivity index (χ1) is 6.96. The molecule has 0 aromatic rings. The highest BCUT2D eigenvalue weighted by Gasteiger charge is 2.39. The van der Waals surface area contributed by atoms with Gasteiger partial charge >= 0.3 is 6.09 Å². The van der Waals surface area contributed by atoms with Crippen LogP contribution in [0.2, 0.25) is 0 Å². The maximum Gasteiger partial charge on any atom is 0.410 e. The highest BCUT2D eigenvalue weighted by atomic mass is 16.6. The summed E-state index contributed by atoms with van der Waals surface area (Å²) >= 11 is 0. The third kappa shape index (κ3) is 2.43. The highest BCUT2D eigenvalue weighted by Crippen LogP contribution is 2.25. The molecule has 0 aliphatic carbocycles. The van der Waals surface area contributed by atoms with E-state index in [1.54, 1.807) is 0 Å². The van der Waals surface area contributed by atoms with Crippen LogP contribution in [0, 0.1) is 0 Å². The molecule has 2 heterocycles. The van der Waals surface area contributed by atoms with Crippen LogP contribution in [-0.4, -0.2) is 41.8 Å². The van der Waals surface area contributed by atoms with Crippen molar-refractivity contribution in [2.45, 2.75) is 51.3 Å². The molecule has 0 aromatic carbocycles. The summed E-state index contributed by atoms with van der Waals surface area (Å²) in [4.78, 5) is 13.8. The fraction of sp³-hybridized carbons (Fsp3) is 0.909. The molecule has 0 spiro atoms. The standard InChI is InChI=1S/C11H20N2O2/c1-11(2,3)15-10(14)13-7-8-6-9(13)4-5-12-8/h8-9,12H,4-7H2,1-3H3. The molecule has 0 saturated carbocycles. The van der Waals surface area contributed by atoms with E-state index in [1.165, 1.54) is 0 Å². The number of carbonyl (C=O) groups is 1. The minimum atomic E-state index is -0.388. The molecule has 2 saturated heterocycles.